The van der Waals surface area contributed by atoms with Crippen LogP contribution in [0, 0.1) is 5.82 Å². The minimum Gasteiger partial charge on any atom is -0.505 e. The van der Waals surface area contributed by atoms with Gasteiger partial charge in [0.15, 0.2) is 11.6 Å². The molecule has 0 aliphatic rings. The van der Waals surface area contributed by atoms with Crippen molar-refractivity contribution in [3.8, 4) is 16.9 Å². The van der Waals surface area contributed by atoms with Crippen LogP contribution in [0.1, 0.15) is 31.9 Å². The average Bonchev–Trinajstić information content (AvgIpc) is 2.63. The van der Waals surface area contributed by atoms with Crippen molar-refractivity contribution in [3.05, 3.63) is 60.2 Å². The van der Waals surface area contributed by atoms with Crippen LogP contribution in [0.3, 0.4) is 0 Å². The number of aromatic hydroxyl groups is 1. The Bertz CT molecular complexity index is 938. The Morgan fingerprint density at radius 3 is 2.65 bits per heavy atom. The highest BCUT2D eigenvalue weighted by Gasteiger charge is 2.06. The zero-order chi connectivity index (χ0) is 18.5. The first-order chi connectivity index (χ1) is 12.5. The number of aliphatic hydroxyl groups excluding tert-OH is 1. The lowest BCUT2D eigenvalue weighted by Crippen LogP contribution is -1.97. The Hall–Kier alpha value is -2.79. The van der Waals surface area contributed by atoms with Crippen molar-refractivity contribution in [2.75, 3.05) is 0 Å². The maximum atomic E-state index is 13.5. The quantitative estimate of drug-likeness (QED) is 0.631. The maximum Gasteiger partial charge on any atom is 0.165 e. The first-order valence-corrected chi connectivity index (χ1v) is 8.63. The van der Waals surface area contributed by atoms with E-state index < -0.39 is 5.82 Å². The third kappa shape index (κ3) is 4.43. The molecule has 0 saturated carbocycles. The van der Waals surface area contributed by atoms with E-state index in [9.17, 15) is 14.6 Å². The van der Waals surface area contributed by atoms with Gasteiger partial charge in [-0.05, 0) is 67.7 Å². The van der Waals surface area contributed by atoms with E-state index in [1.54, 1.807) is 19.2 Å². The number of benzene rings is 2. The number of nitrogens with zero attached hydrogens (tertiary/aromatic N) is 2. The Balaban J connectivity index is 1.77. The van der Waals surface area contributed by atoms with Crippen molar-refractivity contribution in [3.63, 3.8) is 0 Å². The minimum absolute atomic E-state index is 0.264. The van der Waals surface area contributed by atoms with Crippen LogP contribution >= 0.6 is 0 Å². The van der Waals surface area contributed by atoms with Crippen LogP contribution < -0.4 is 0 Å². The largest absolute Gasteiger partial charge is 0.505 e. The smallest absolute Gasteiger partial charge is 0.165 e. The number of hydrogen-bond acceptors (Lipinski definition) is 4. The summed E-state index contributed by atoms with van der Waals surface area (Å²) in [5, 5.41) is 18.5. The average molecular weight is 352 g/mol. The van der Waals surface area contributed by atoms with Crippen molar-refractivity contribution < 1.29 is 14.6 Å². The number of aromatic nitrogens is 2. The van der Waals surface area contributed by atoms with Gasteiger partial charge in [-0.3, -0.25) is 4.98 Å². The van der Waals surface area contributed by atoms with Crippen molar-refractivity contribution >= 4 is 17.1 Å². The molecule has 2 N–H and O–H groups in total. The highest BCUT2D eigenvalue weighted by atomic mass is 19.1. The van der Waals surface area contributed by atoms with E-state index in [0.29, 0.717) is 5.56 Å². The number of unbranched alkanes of at least 4 members (excludes halogenated alkanes) is 1. The lowest BCUT2D eigenvalue weighted by Gasteiger charge is -2.05. The molecular formula is C21H21FN2O2. The van der Waals surface area contributed by atoms with Gasteiger partial charge in [0.05, 0.1) is 29.0 Å². The fourth-order valence-corrected chi connectivity index (χ4v) is 2.71. The van der Waals surface area contributed by atoms with Gasteiger partial charge in [0.2, 0.25) is 0 Å². The first kappa shape index (κ1) is 18.0. The van der Waals surface area contributed by atoms with E-state index >= 15 is 0 Å². The van der Waals surface area contributed by atoms with Crippen LogP contribution in [0.4, 0.5) is 4.39 Å². The van der Waals surface area contributed by atoms with Gasteiger partial charge in [-0.2, -0.15) is 0 Å². The van der Waals surface area contributed by atoms with Gasteiger partial charge >= 0.3 is 0 Å². The van der Waals surface area contributed by atoms with Gasteiger partial charge in [0.25, 0.3) is 0 Å². The van der Waals surface area contributed by atoms with E-state index in [1.165, 1.54) is 12.1 Å². The molecule has 2 aromatic carbocycles. The van der Waals surface area contributed by atoms with Crippen molar-refractivity contribution in [2.24, 2.45) is 0 Å². The Morgan fingerprint density at radius 2 is 1.88 bits per heavy atom. The summed E-state index contributed by atoms with van der Waals surface area (Å²) in [6.45, 7) is 1.79. The summed E-state index contributed by atoms with van der Waals surface area (Å²) >= 11 is 0. The van der Waals surface area contributed by atoms with Gasteiger partial charge in [-0.15, -0.1) is 0 Å². The third-order valence-corrected chi connectivity index (χ3v) is 4.12. The number of rotatable bonds is 6. The molecule has 0 spiro atoms. The van der Waals surface area contributed by atoms with E-state index in [4.69, 9.17) is 0 Å². The summed E-state index contributed by atoms with van der Waals surface area (Å²) in [5.74, 6) is -1.01. The number of halogens is 1. The molecule has 5 heteroatoms. The molecule has 1 heterocycles. The zero-order valence-corrected chi connectivity index (χ0v) is 14.6. The number of allylic oxidation sites excluding steroid dienone is 1. The third-order valence-electron chi connectivity index (χ3n) is 4.12. The van der Waals surface area contributed by atoms with E-state index in [-0.39, 0.29) is 11.9 Å². The first-order valence-electron chi connectivity index (χ1n) is 8.63. The lowest BCUT2D eigenvalue weighted by atomic mass is 10.0. The second-order valence-electron chi connectivity index (χ2n) is 6.35. The minimum atomic E-state index is -0.648. The Kier molecular flexibility index (Phi) is 5.58. The highest BCUT2D eigenvalue weighted by Crippen LogP contribution is 2.26. The molecule has 4 nitrogen and oxygen atoms in total. The van der Waals surface area contributed by atoms with Gasteiger partial charge in [-0.25, -0.2) is 9.37 Å². The highest BCUT2D eigenvalue weighted by molar-refractivity contribution is 5.82. The molecule has 0 aliphatic heterocycles. The van der Waals surface area contributed by atoms with Crippen LogP contribution in [-0.2, 0) is 0 Å². The molecule has 134 valence electrons. The molecule has 3 aromatic rings. The van der Waals surface area contributed by atoms with Crippen LogP contribution in [0.2, 0.25) is 0 Å². The molecule has 1 atom stereocenters. The van der Waals surface area contributed by atoms with E-state index in [0.717, 1.165) is 41.6 Å². The number of fused-ring (bicyclic) bond motifs is 1. The standard InChI is InChI=1S/C21H21FN2O2/c1-14(25)5-3-2-4-6-17-13-23-20-12-16(7-9-19(20)24-17)15-8-10-21(26)18(22)11-15/h4,6-14,25-26H,2-3,5H2,1H3/b6-4+. The molecule has 0 radical (unpaired) electrons. The maximum absolute atomic E-state index is 13.5. The predicted octanol–water partition coefficient (Wildman–Crippen LogP) is 4.71. The summed E-state index contributed by atoms with van der Waals surface area (Å²) < 4.78 is 13.5. The molecule has 0 amide bonds. The van der Waals surface area contributed by atoms with Gasteiger partial charge in [0.1, 0.15) is 0 Å². The molecule has 0 saturated heterocycles. The van der Waals surface area contributed by atoms with Gasteiger partial charge in [0, 0.05) is 0 Å². The van der Waals surface area contributed by atoms with Crippen LogP contribution in [0.5, 0.6) is 5.75 Å². The van der Waals surface area contributed by atoms with Crippen molar-refractivity contribution in [2.45, 2.75) is 32.3 Å². The van der Waals surface area contributed by atoms with Gasteiger partial charge in [-0.1, -0.05) is 18.2 Å². The van der Waals surface area contributed by atoms with Crippen molar-refractivity contribution in [1.82, 2.24) is 9.97 Å². The normalized spacial score (nSPS) is 12.7. The summed E-state index contributed by atoms with van der Waals surface area (Å²) in [4.78, 5) is 9.00. The molecule has 0 aliphatic carbocycles. The number of hydrogen-bond donors (Lipinski definition) is 2. The van der Waals surface area contributed by atoms with E-state index in [1.807, 2.05) is 30.4 Å². The summed E-state index contributed by atoms with van der Waals surface area (Å²) in [5.41, 5.74) is 3.75. The molecule has 3 rings (SSSR count). The van der Waals surface area contributed by atoms with Crippen molar-refractivity contribution in [1.29, 1.82) is 0 Å². The number of phenolic OH excluding ortho intramolecular Hbond substituents is 1. The number of phenols is 1. The number of aliphatic hydroxyl groups is 1. The lowest BCUT2D eigenvalue weighted by molar-refractivity contribution is 0.182. The fraction of sp³-hybridized carbons (Fsp3) is 0.238. The zero-order valence-electron chi connectivity index (χ0n) is 14.6. The second kappa shape index (κ2) is 8.06. The summed E-state index contributed by atoms with van der Waals surface area (Å²) in [7, 11) is 0. The van der Waals surface area contributed by atoms with Crippen LogP contribution in [-0.4, -0.2) is 26.3 Å². The molecular weight excluding hydrogens is 331 g/mol. The Morgan fingerprint density at radius 1 is 1.12 bits per heavy atom. The van der Waals surface area contributed by atoms with E-state index in [2.05, 4.69) is 9.97 Å². The second-order valence-corrected chi connectivity index (χ2v) is 6.35. The Labute approximate surface area is 151 Å². The van der Waals surface area contributed by atoms with Crippen LogP contribution in [0.15, 0.2) is 48.7 Å². The molecule has 1 aromatic heterocycles. The predicted molar refractivity (Wildman–Crippen MR) is 101 cm³/mol. The molecule has 1 unspecified atom stereocenters. The SMILES string of the molecule is CC(O)CCC/C=C/c1cnc2cc(-c3ccc(O)c(F)c3)ccc2n1. The molecule has 26 heavy (non-hydrogen) atoms. The summed E-state index contributed by atoms with van der Waals surface area (Å²) in [6, 6.07) is 9.87. The van der Waals surface area contributed by atoms with Gasteiger partial charge < -0.3 is 10.2 Å². The topological polar surface area (TPSA) is 66.2 Å². The summed E-state index contributed by atoms with van der Waals surface area (Å²) in [6.07, 6.45) is 8.00. The monoisotopic (exact) mass is 352 g/mol. The molecule has 0 fully saturated rings. The van der Waals surface area contributed by atoms with Crippen LogP contribution in [0.25, 0.3) is 28.2 Å². The fourth-order valence-electron chi connectivity index (χ4n) is 2.71. The molecule has 0 bridgehead atoms.